The van der Waals surface area contributed by atoms with Crippen LogP contribution in [0, 0.1) is 0 Å². The standard InChI is InChI=1S/C46H87O10P/c1-3-5-7-9-11-13-15-17-18-19-20-21-22-23-24-26-27-29-31-33-35-37-45(49)53-41-44(42-55-57(51,52)54-40-43(48)39-47)56-46(50)38-36-34-32-30-28-25-16-14-12-10-8-6-4-2/h8,10,14,16,43-44,47-48H,3-7,9,11-13,15,17-42H2,1-2H3,(H,51,52)/b10-8-,16-14-. The Morgan fingerprint density at radius 3 is 1.42 bits per heavy atom. The van der Waals surface area contributed by atoms with Crippen LogP contribution in [0.5, 0.6) is 0 Å². The number of aliphatic hydroxyl groups is 2. The fourth-order valence-corrected chi connectivity index (χ4v) is 7.29. The first-order valence-electron chi connectivity index (χ1n) is 23.3. The van der Waals surface area contributed by atoms with Crippen LogP contribution in [0.15, 0.2) is 24.3 Å². The first-order chi connectivity index (χ1) is 27.7. The minimum absolute atomic E-state index is 0.170. The van der Waals surface area contributed by atoms with Gasteiger partial charge in [0.25, 0.3) is 0 Å². The number of hydrogen-bond acceptors (Lipinski definition) is 9. The molecule has 336 valence electrons. The van der Waals surface area contributed by atoms with E-state index in [0.29, 0.717) is 12.8 Å². The highest BCUT2D eigenvalue weighted by molar-refractivity contribution is 7.47. The molecule has 0 aliphatic heterocycles. The fraction of sp³-hybridized carbons (Fsp3) is 0.870. The molecule has 3 atom stereocenters. The largest absolute Gasteiger partial charge is 0.472 e. The first kappa shape index (κ1) is 55.5. The van der Waals surface area contributed by atoms with Gasteiger partial charge in [-0.25, -0.2) is 4.57 Å². The fourth-order valence-electron chi connectivity index (χ4n) is 6.50. The zero-order chi connectivity index (χ0) is 41.9. The smallest absolute Gasteiger partial charge is 0.462 e. The number of ether oxygens (including phenoxy) is 2. The van der Waals surface area contributed by atoms with Gasteiger partial charge in [-0.15, -0.1) is 0 Å². The molecule has 0 aromatic rings. The van der Waals surface area contributed by atoms with E-state index in [9.17, 15) is 24.2 Å². The van der Waals surface area contributed by atoms with Crippen LogP contribution >= 0.6 is 7.82 Å². The van der Waals surface area contributed by atoms with Crippen LogP contribution in [0.1, 0.15) is 219 Å². The molecule has 0 saturated heterocycles. The quantitative estimate of drug-likeness (QED) is 0.0234. The van der Waals surface area contributed by atoms with Crippen LogP contribution in [-0.2, 0) is 32.7 Å². The second-order valence-corrected chi connectivity index (χ2v) is 17.2. The predicted molar refractivity (Wildman–Crippen MR) is 233 cm³/mol. The van der Waals surface area contributed by atoms with Crippen molar-refractivity contribution in [2.75, 3.05) is 26.4 Å². The van der Waals surface area contributed by atoms with Crippen molar-refractivity contribution in [2.45, 2.75) is 232 Å². The van der Waals surface area contributed by atoms with Gasteiger partial charge in [0.2, 0.25) is 0 Å². The Morgan fingerprint density at radius 2 is 0.947 bits per heavy atom. The Hall–Kier alpha value is -1.55. The SMILES string of the molecule is CCC/C=C\C/C=C\CCCCCCCC(=O)OC(COC(=O)CCCCCCCCCCCCCCCCCCCCCCC)COP(=O)(O)OCC(O)CO. The van der Waals surface area contributed by atoms with Gasteiger partial charge in [0.1, 0.15) is 12.7 Å². The number of hydrogen-bond donors (Lipinski definition) is 3. The minimum atomic E-state index is -4.62. The highest BCUT2D eigenvalue weighted by Gasteiger charge is 2.27. The van der Waals surface area contributed by atoms with Gasteiger partial charge in [-0.3, -0.25) is 18.6 Å². The Balaban J connectivity index is 4.16. The van der Waals surface area contributed by atoms with Crippen LogP contribution in [0.25, 0.3) is 0 Å². The second kappa shape index (κ2) is 42.6. The van der Waals surface area contributed by atoms with Crippen LogP contribution < -0.4 is 0 Å². The summed E-state index contributed by atoms with van der Waals surface area (Å²) in [5.74, 6) is -0.932. The highest BCUT2D eigenvalue weighted by atomic mass is 31.2. The van der Waals surface area contributed by atoms with E-state index < -0.39 is 51.8 Å². The van der Waals surface area contributed by atoms with Crippen molar-refractivity contribution in [3.05, 3.63) is 24.3 Å². The summed E-state index contributed by atoms with van der Waals surface area (Å²) >= 11 is 0. The van der Waals surface area contributed by atoms with Crippen molar-refractivity contribution in [3.63, 3.8) is 0 Å². The summed E-state index contributed by atoms with van der Waals surface area (Å²) in [7, 11) is -4.62. The van der Waals surface area contributed by atoms with E-state index in [1.165, 1.54) is 116 Å². The number of phosphoric ester groups is 1. The van der Waals surface area contributed by atoms with E-state index in [-0.39, 0.29) is 19.4 Å². The Kier molecular flexibility index (Phi) is 41.4. The third-order valence-corrected chi connectivity index (χ3v) is 11.0. The number of phosphoric acid groups is 1. The van der Waals surface area contributed by atoms with Crippen LogP contribution in [-0.4, -0.2) is 65.7 Å². The third kappa shape index (κ3) is 42.4. The third-order valence-electron chi connectivity index (χ3n) is 10.1. The van der Waals surface area contributed by atoms with Gasteiger partial charge in [0.15, 0.2) is 6.10 Å². The zero-order valence-corrected chi connectivity index (χ0v) is 37.5. The molecule has 11 heteroatoms. The van der Waals surface area contributed by atoms with Crippen LogP contribution in [0.2, 0.25) is 0 Å². The Bertz CT molecular complexity index is 1000. The van der Waals surface area contributed by atoms with Gasteiger partial charge < -0.3 is 24.6 Å². The van der Waals surface area contributed by atoms with Gasteiger partial charge in [-0.1, -0.05) is 192 Å². The molecule has 0 aromatic heterocycles. The van der Waals surface area contributed by atoms with E-state index in [1.54, 1.807) is 0 Å². The van der Waals surface area contributed by atoms with E-state index in [2.05, 4.69) is 38.2 Å². The monoisotopic (exact) mass is 831 g/mol. The highest BCUT2D eigenvalue weighted by Crippen LogP contribution is 2.43. The first-order valence-corrected chi connectivity index (χ1v) is 24.8. The summed E-state index contributed by atoms with van der Waals surface area (Å²) in [6.07, 6.45) is 42.9. The molecule has 0 aliphatic carbocycles. The maximum atomic E-state index is 12.6. The lowest BCUT2D eigenvalue weighted by Gasteiger charge is -2.20. The number of rotatable bonds is 44. The van der Waals surface area contributed by atoms with Gasteiger partial charge in [0.05, 0.1) is 19.8 Å². The molecule has 57 heavy (non-hydrogen) atoms. The van der Waals surface area contributed by atoms with E-state index in [4.69, 9.17) is 23.6 Å². The number of unbranched alkanes of at least 4 members (excludes halogenated alkanes) is 26. The van der Waals surface area contributed by atoms with Gasteiger partial charge >= 0.3 is 19.8 Å². The topological polar surface area (TPSA) is 149 Å². The van der Waals surface area contributed by atoms with Gasteiger partial charge in [0, 0.05) is 12.8 Å². The maximum Gasteiger partial charge on any atom is 0.472 e. The molecule has 0 aliphatic rings. The van der Waals surface area contributed by atoms with Crippen LogP contribution in [0.4, 0.5) is 0 Å². The number of carbonyl (C=O) groups excluding carboxylic acids is 2. The molecular weight excluding hydrogens is 743 g/mol. The van der Waals surface area contributed by atoms with Crippen molar-refractivity contribution in [3.8, 4) is 0 Å². The minimum Gasteiger partial charge on any atom is -0.462 e. The zero-order valence-electron chi connectivity index (χ0n) is 36.6. The molecule has 3 N–H and O–H groups in total. The van der Waals surface area contributed by atoms with E-state index >= 15 is 0 Å². The molecule has 0 rings (SSSR count). The molecule has 0 saturated carbocycles. The molecule has 0 heterocycles. The van der Waals surface area contributed by atoms with Crippen molar-refractivity contribution in [1.29, 1.82) is 0 Å². The molecule has 10 nitrogen and oxygen atoms in total. The van der Waals surface area contributed by atoms with E-state index in [1.807, 2.05) is 0 Å². The molecule has 0 radical (unpaired) electrons. The van der Waals surface area contributed by atoms with Crippen molar-refractivity contribution < 1.29 is 47.8 Å². The number of esters is 2. The second-order valence-electron chi connectivity index (χ2n) is 15.8. The number of aliphatic hydroxyl groups excluding tert-OH is 2. The van der Waals surface area contributed by atoms with Crippen molar-refractivity contribution in [1.82, 2.24) is 0 Å². The average Bonchev–Trinajstić information content (AvgIpc) is 3.20. The summed E-state index contributed by atoms with van der Waals surface area (Å²) < 4.78 is 32.7. The molecule has 3 unspecified atom stereocenters. The summed E-state index contributed by atoms with van der Waals surface area (Å²) in [5, 5.41) is 18.3. The molecule has 0 amide bonds. The molecule has 0 spiro atoms. The summed E-state index contributed by atoms with van der Waals surface area (Å²) in [5.41, 5.74) is 0. The van der Waals surface area contributed by atoms with Crippen molar-refractivity contribution >= 4 is 19.8 Å². The van der Waals surface area contributed by atoms with Gasteiger partial charge in [-0.05, 0) is 38.5 Å². The molecule has 0 fully saturated rings. The van der Waals surface area contributed by atoms with Gasteiger partial charge in [-0.2, -0.15) is 0 Å². The van der Waals surface area contributed by atoms with Crippen LogP contribution in [0.3, 0.4) is 0 Å². The average molecular weight is 831 g/mol. The number of allylic oxidation sites excluding steroid dienone is 4. The predicted octanol–water partition coefficient (Wildman–Crippen LogP) is 12.6. The lowest BCUT2D eigenvalue weighted by molar-refractivity contribution is -0.161. The Morgan fingerprint density at radius 1 is 0.526 bits per heavy atom. The lowest BCUT2D eigenvalue weighted by Crippen LogP contribution is -2.29. The Labute approximate surface area is 348 Å². The molecule has 0 bridgehead atoms. The maximum absolute atomic E-state index is 12.6. The summed E-state index contributed by atoms with van der Waals surface area (Å²) in [6, 6.07) is 0. The molecular formula is C46H87O10P. The summed E-state index contributed by atoms with van der Waals surface area (Å²) in [4.78, 5) is 35.0. The molecule has 0 aromatic carbocycles. The number of carbonyl (C=O) groups is 2. The van der Waals surface area contributed by atoms with E-state index in [0.717, 1.165) is 64.2 Å². The normalized spacial score (nSPS) is 14.0. The lowest BCUT2D eigenvalue weighted by atomic mass is 10.0. The summed E-state index contributed by atoms with van der Waals surface area (Å²) in [6.45, 7) is 2.33. The van der Waals surface area contributed by atoms with Crippen molar-refractivity contribution in [2.24, 2.45) is 0 Å².